The number of hydrogen-bond acceptors (Lipinski definition) is 3. The largest absolute Gasteiger partial charge is 0.369 e. The molecule has 2 saturated heterocycles. The number of ketones is 1. The fourth-order valence-corrected chi connectivity index (χ4v) is 10.1. The summed E-state index contributed by atoms with van der Waals surface area (Å²) >= 11 is 6.23. The smallest absolute Gasteiger partial charge is 0.155 e. The van der Waals surface area contributed by atoms with Crippen molar-refractivity contribution in [2.75, 3.05) is 19.0 Å². The molecule has 0 amide bonds. The number of rotatable bonds is 2. The maximum atomic E-state index is 12.2. The summed E-state index contributed by atoms with van der Waals surface area (Å²) in [7, 11) is 0. The van der Waals surface area contributed by atoms with E-state index in [1.165, 1.54) is 44.2 Å². The second-order valence-electron chi connectivity index (χ2n) is 13.2. The van der Waals surface area contributed by atoms with Gasteiger partial charge in [-0.3, -0.25) is 9.69 Å². The quantitative estimate of drug-likeness (QED) is 0.328. The van der Waals surface area contributed by atoms with Crippen molar-refractivity contribution in [3.63, 3.8) is 0 Å². The Labute approximate surface area is 211 Å². The zero-order valence-electron chi connectivity index (χ0n) is 21.7. The predicted molar refractivity (Wildman–Crippen MR) is 138 cm³/mol. The van der Waals surface area contributed by atoms with E-state index in [1.54, 1.807) is 11.1 Å². The second-order valence-corrected chi connectivity index (χ2v) is 13.6. The third kappa shape index (κ3) is 3.46. The minimum Gasteiger partial charge on any atom is -0.369 e. The van der Waals surface area contributed by atoms with Gasteiger partial charge in [-0.05, 0) is 93.5 Å². The Morgan fingerprint density at radius 2 is 2.03 bits per heavy atom. The van der Waals surface area contributed by atoms with Gasteiger partial charge < -0.3 is 4.74 Å². The average Bonchev–Trinajstić information content (AvgIpc) is 3.25. The maximum absolute atomic E-state index is 12.2. The Kier molecular flexibility index (Phi) is 5.90. The minimum absolute atomic E-state index is 0.00175. The van der Waals surface area contributed by atoms with Crippen LogP contribution in [0.4, 0.5) is 0 Å². The lowest BCUT2D eigenvalue weighted by atomic mass is 9.56. The number of carbonyl (C=O) groups is 1. The van der Waals surface area contributed by atoms with Crippen molar-refractivity contribution < 1.29 is 9.53 Å². The summed E-state index contributed by atoms with van der Waals surface area (Å²) in [6.07, 6.45) is 12.7. The van der Waals surface area contributed by atoms with E-state index >= 15 is 0 Å². The topological polar surface area (TPSA) is 29.5 Å². The molecule has 0 aromatic heterocycles. The lowest BCUT2D eigenvalue weighted by Crippen LogP contribution is -2.52. The summed E-state index contributed by atoms with van der Waals surface area (Å²) in [4.78, 5) is 14.8. The van der Waals surface area contributed by atoms with Gasteiger partial charge in [0.05, 0.1) is 11.7 Å². The molecule has 1 unspecified atom stereocenters. The van der Waals surface area contributed by atoms with E-state index in [1.807, 2.05) is 6.08 Å². The van der Waals surface area contributed by atoms with Crippen LogP contribution < -0.4 is 0 Å². The Hall–Kier alpha value is -0.640. The van der Waals surface area contributed by atoms with Crippen LogP contribution in [-0.4, -0.2) is 47.4 Å². The fraction of sp³-hybridized carbons (Fsp3) is 0.833. The van der Waals surface area contributed by atoms with Crippen molar-refractivity contribution in [1.82, 2.24) is 4.90 Å². The highest BCUT2D eigenvalue weighted by molar-refractivity contribution is 6.18. The number of allylic oxidation sites excluding steroid dienone is 3. The molecule has 1 spiro atoms. The van der Waals surface area contributed by atoms with Crippen LogP contribution in [0.5, 0.6) is 0 Å². The third-order valence-corrected chi connectivity index (χ3v) is 11.7. The Morgan fingerprint density at radius 3 is 2.82 bits per heavy atom. The number of piperidine rings is 1. The van der Waals surface area contributed by atoms with Crippen molar-refractivity contribution in [3.05, 3.63) is 22.8 Å². The van der Waals surface area contributed by atoms with E-state index in [2.05, 4.69) is 32.6 Å². The molecule has 9 atom stereocenters. The molecule has 6 aliphatic rings. The van der Waals surface area contributed by atoms with Crippen molar-refractivity contribution >= 4 is 17.4 Å². The van der Waals surface area contributed by atoms with Gasteiger partial charge in [-0.1, -0.05) is 37.5 Å². The Bertz CT molecular complexity index is 925. The molecule has 0 aromatic carbocycles. The number of alkyl halides is 1. The monoisotopic (exact) mass is 485 g/mol. The van der Waals surface area contributed by atoms with E-state index in [0.717, 1.165) is 50.0 Å². The number of halogens is 1. The van der Waals surface area contributed by atoms with E-state index < -0.39 is 0 Å². The van der Waals surface area contributed by atoms with Gasteiger partial charge in [0.15, 0.2) is 5.78 Å². The second kappa shape index (κ2) is 8.45. The first-order valence-corrected chi connectivity index (χ1v) is 14.7. The highest BCUT2D eigenvalue weighted by Gasteiger charge is 2.59. The van der Waals surface area contributed by atoms with Gasteiger partial charge in [-0.15, -0.1) is 11.6 Å². The molecule has 4 aliphatic carbocycles. The molecule has 0 N–H and O–H groups in total. The molecule has 2 heterocycles. The van der Waals surface area contributed by atoms with Crippen LogP contribution in [-0.2, 0) is 9.53 Å². The molecular weight excluding hydrogens is 442 g/mol. The summed E-state index contributed by atoms with van der Waals surface area (Å²) in [5, 5.41) is 0. The van der Waals surface area contributed by atoms with Crippen molar-refractivity contribution in [1.29, 1.82) is 0 Å². The molecule has 6 rings (SSSR count). The van der Waals surface area contributed by atoms with Gasteiger partial charge in [-0.2, -0.15) is 0 Å². The van der Waals surface area contributed by atoms with Gasteiger partial charge in [0, 0.05) is 37.4 Å². The SMILES string of the molecule is CC1=C2C[C@H]3[C@@H](CCC4=CC(=O)CC[C@@]43C)[C@@H]2CC[C@@]2(C1)O[C@@H]1C[C@H](C)CN(CCCl)C1[C@H]2C. The van der Waals surface area contributed by atoms with Gasteiger partial charge in [-0.25, -0.2) is 0 Å². The molecule has 188 valence electrons. The normalized spacial score (nSPS) is 48.8. The van der Waals surface area contributed by atoms with Gasteiger partial charge in [0.1, 0.15) is 0 Å². The molecule has 2 saturated carbocycles. The molecule has 3 nitrogen and oxygen atoms in total. The zero-order valence-corrected chi connectivity index (χ0v) is 22.5. The lowest BCUT2D eigenvalue weighted by Gasteiger charge is -2.48. The molecule has 34 heavy (non-hydrogen) atoms. The molecular formula is C30H44ClNO2. The van der Waals surface area contributed by atoms with E-state index in [4.69, 9.17) is 16.3 Å². The maximum Gasteiger partial charge on any atom is 0.155 e. The fourth-order valence-electron chi connectivity index (χ4n) is 9.87. The molecule has 0 radical (unpaired) electrons. The first-order chi connectivity index (χ1) is 16.3. The average molecular weight is 486 g/mol. The first-order valence-electron chi connectivity index (χ1n) is 14.2. The molecule has 2 aliphatic heterocycles. The first kappa shape index (κ1) is 23.7. The molecule has 4 heteroatoms. The van der Waals surface area contributed by atoms with Crippen molar-refractivity contribution in [2.24, 2.45) is 35.0 Å². The third-order valence-electron chi connectivity index (χ3n) is 11.5. The number of carbonyl (C=O) groups excluding carboxylic acids is 1. The molecule has 0 bridgehead atoms. The van der Waals surface area contributed by atoms with Crippen LogP contribution in [0, 0.1) is 35.0 Å². The number of fused-ring (bicyclic) bond motifs is 6. The molecule has 4 fully saturated rings. The van der Waals surface area contributed by atoms with Crippen molar-refractivity contribution in [3.8, 4) is 0 Å². The van der Waals surface area contributed by atoms with E-state index in [0.29, 0.717) is 35.6 Å². The lowest BCUT2D eigenvalue weighted by molar-refractivity contribution is -0.116. The predicted octanol–water partition coefficient (Wildman–Crippen LogP) is 6.55. The summed E-state index contributed by atoms with van der Waals surface area (Å²) < 4.78 is 7.16. The number of nitrogens with zero attached hydrogens (tertiary/aromatic N) is 1. The number of likely N-dealkylation sites (tertiary alicyclic amines) is 1. The molecule has 0 aromatic rings. The van der Waals surface area contributed by atoms with Crippen LogP contribution >= 0.6 is 11.6 Å². The van der Waals surface area contributed by atoms with Crippen LogP contribution in [0.2, 0.25) is 0 Å². The highest BCUT2D eigenvalue weighted by atomic mass is 35.5. The summed E-state index contributed by atoms with van der Waals surface area (Å²) in [6, 6.07) is 0.527. The summed E-state index contributed by atoms with van der Waals surface area (Å²) in [5.74, 6) is 4.57. The van der Waals surface area contributed by atoms with E-state index in [9.17, 15) is 4.79 Å². The number of hydrogen-bond donors (Lipinski definition) is 0. The standard InChI is InChI=1S/C30H44ClNO2/c1-18-13-27-28(32(17-18)12-11-31)20(3)30(34-27)10-8-23-24-6-5-21-14-22(33)7-9-29(21,4)26(24)15-25(23)19(2)16-30/h14,18,20,23-24,26-28H,5-13,15-17H2,1-4H3/t18-,20+,23-,24-,26-,27+,28?,29-,30-/m0/s1. The van der Waals surface area contributed by atoms with E-state index in [-0.39, 0.29) is 11.0 Å². The van der Waals surface area contributed by atoms with Crippen molar-refractivity contribution in [2.45, 2.75) is 103 Å². The Balaban J connectivity index is 1.29. The van der Waals surface area contributed by atoms with Crippen LogP contribution in [0.15, 0.2) is 22.8 Å². The van der Waals surface area contributed by atoms with Crippen LogP contribution in [0.3, 0.4) is 0 Å². The van der Waals surface area contributed by atoms with Crippen LogP contribution in [0.1, 0.15) is 85.5 Å². The minimum atomic E-state index is 0.00175. The van der Waals surface area contributed by atoms with Crippen LogP contribution in [0.25, 0.3) is 0 Å². The zero-order chi connectivity index (χ0) is 23.8. The Morgan fingerprint density at radius 1 is 1.21 bits per heavy atom. The van der Waals surface area contributed by atoms with Gasteiger partial charge in [0.2, 0.25) is 0 Å². The van der Waals surface area contributed by atoms with Gasteiger partial charge in [0.25, 0.3) is 0 Å². The summed E-state index contributed by atoms with van der Waals surface area (Å²) in [6.45, 7) is 12.0. The number of ether oxygens (including phenoxy) is 1. The van der Waals surface area contributed by atoms with Gasteiger partial charge >= 0.3 is 0 Å². The summed E-state index contributed by atoms with van der Waals surface area (Å²) in [5.41, 5.74) is 5.14. The highest BCUT2D eigenvalue weighted by Crippen LogP contribution is 2.64.